The summed E-state index contributed by atoms with van der Waals surface area (Å²) in [7, 11) is 5.72. The molecule has 0 fully saturated rings. The van der Waals surface area contributed by atoms with Crippen LogP contribution in [0.2, 0.25) is 0 Å². The van der Waals surface area contributed by atoms with Crippen molar-refractivity contribution in [1.82, 2.24) is 10.3 Å². The zero-order chi connectivity index (χ0) is 12.0. The Kier molecular flexibility index (Phi) is 5.22. The lowest BCUT2D eigenvalue weighted by molar-refractivity contribution is 0.171. The highest BCUT2D eigenvalue weighted by Crippen LogP contribution is 2.13. The number of hydrogen-bond acceptors (Lipinski definition) is 4. The van der Waals surface area contributed by atoms with E-state index >= 15 is 0 Å². The normalized spacial score (nSPS) is 12.5. The maximum atomic E-state index is 5.08. The predicted octanol–water partition coefficient (Wildman–Crippen LogP) is 1.27. The van der Waals surface area contributed by atoms with Crippen LogP contribution in [0.25, 0.3) is 0 Å². The fourth-order valence-corrected chi connectivity index (χ4v) is 1.56. The smallest absolute Gasteiger partial charge is 0.132 e. The molecule has 0 aromatic carbocycles. The molecular formula is C12H21N3O. The Hall–Kier alpha value is -1.13. The summed E-state index contributed by atoms with van der Waals surface area (Å²) in [6.45, 7) is 3.64. The lowest BCUT2D eigenvalue weighted by Gasteiger charge is -2.18. The standard InChI is InChI=1S/C12H21N3O/c1-10(9-16-4)14-8-11-6-5-7-13-12(11)15(2)3/h5-7,10,14H,8-9H2,1-4H3. The van der Waals surface area contributed by atoms with Gasteiger partial charge in [-0.1, -0.05) is 6.07 Å². The first kappa shape index (κ1) is 12.9. The molecule has 0 bridgehead atoms. The van der Waals surface area contributed by atoms with Crippen molar-refractivity contribution in [2.24, 2.45) is 0 Å². The number of aromatic nitrogens is 1. The Labute approximate surface area is 97.6 Å². The molecule has 0 aliphatic rings. The summed E-state index contributed by atoms with van der Waals surface area (Å²) in [5, 5.41) is 3.40. The first-order valence-corrected chi connectivity index (χ1v) is 5.48. The van der Waals surface area contributed by atoms with Gasteiger partial charge in [0.1, 0.15) is 5.82 Å². The van der Waals surface area contributed by atoms with Gasteiger partial charge < -0.3 is 15.0 Å². The van der Waals surface area contributed by atoms with E-state index in [0.29, 0.717) is 6.04 Å². The summed E-state index contributed by atoms with van der Waals surface area (Å²) >= 11 is 0. The monoisotopic (exact) mass is 223 g/mol. The number of nitrogens with one attached hydrogen (secondary N) is 1. The summed E-state index contributed by atoms with van der Waals surface area (Å²) in [6, 6.07) is 4.40. The quantitative estimate of drug-likeness (QED) is 0.788. The van der Waals surface area contributed by atoms with Crippen LogP contribution < -0.4 is 10.2 Å². The van der Waals surface area contributed by atoms with Crippen molar-refractivity contribution >= 4 is 5.82 Å². The average Bonchev–Trinajstić information content (AvgIpc) is 2.27. The molecule has 0 saturated heterocycles. The van der Waals surface area contributed by atoms with E-state index in [1.54, 1.807) is 7.11 Å². The van der Waals surface area contributed by atoms with Gasteiger partial charge in [-0.2, -0.15) is 0 Å². The molecule has 4 nitrogen and oxygen atoms in total. The Morgan fingerprint density at radius 2 is 2.25 bits per heavy atom. The lowest BCUT2D eigenvalue weighted by Crippen LogP contribution is -2.30. The minimum atomic E-state index is 0.347. The molecule has 1 heterocycles. The fraction of sp³-hybridized carbons (Fsp3) is 0.583. The van der Waals surface area contributed by atoms with E-state index in [1.165, 1.54) is 5.56 Å². The van der Waals surface area contributed by atoms with E-state index in [2.05, 4.69) is 23.3 Å². The summed E-state index contributed by atoms with van der Waals surface area (Å²) in [4.78, 5) is 6.38. The summed E-state index contributed by atoms with van der Waals surface area (Å²) in [6.07, 6.45) is 1.82. The van der Waals surface area contributed by atoms with Crippen LogP contribution in [0.4, 0.5) is 5.82 Å². The third-order valence-electron chi connectivity index (χ3n) is 2.35. The number of methoxy groups -OCH3 is 1. The van der Waals surface area contributed by atoms with Crippen LogP contribution in [0.15, 0.2) is 18.3 Å². The average molecular weight is 223 g/mol. The maximum Gasteiger partial charge on any atom is 0.132 e. The number of hydrogen-bond donors (Lipinski definition) is 1. The third kappa shape index (κ3) is 3.79. The van der Waals surface area contributed by atoms with Crippen molar-refractivity contribution < 1.29 is 4.74 Å². The van der Waals surface area contributed by atoms with Gasteiger partial charge >= 0.3 is 0 Å². The number of pyridine rings is 1. The number of rotatable bonds is 6. The zero-order valence-electron chi connectivity index (χ0n) is 10.5. The molecule has 0 spiro atoms. The van der Waals surface area contributed by atoms with Gasteiger partial charge in [-0.15, -0.1) is 0 Å². The third-order valence-corrected chi connectivity index (χ3v) is 2.35. The van der Waals surface area contributed by atoms with Crippen LogP contribution in [0.1, 0.15) is 12.5 Å². The van der Waals surface area contributed by atoms with Gasteiger partial charge in [-0.25, -0.2) is 4.98 Å². The Morgan fingerprint density at radius 3 is 2.88 bits per heavy atom. The summed E-state index contributed by atoms with van der Waals surface area (Å²) in [5.41, 5.74) is 1.20. The van der Waals surface area contributed by atoms with Gasteiger partial charge in [0.15, 0.2) is 0 Å². The molecule has 1 rings (SSSR count). The second kappa shape index (κ2) is 6.45. The maximum absolute atomic E-state index is 5.08. The van der Waals surface area contributed by atoms with Gasteiger partial charge in [-0.3, -0.25) is 0 Å². The molecule has 1 N–H and O–H groups in total. The van der Waals surface area contributed by atoms with Crippen LogP contribution in [-0.2, 0) is 11.3 Å². The van der Waals surface area contributed by atoms with Gasteiger partial charge in [0.25, 0.3) is 0 Å². The molecule has 0 amide bonds. The fourth-order valence-electron chi connectivity index (χ4n) is 1.56. The van der Waals surface area contributed by atoms with Crippen LogP contribution >= 0.6 is 0 Å². The van der Waals surface area contributed by atoms with Gasteiger partial charge in [-0.05, 0) is 13.0 Å². The molecule has 0 saturated carbocycles. The van der Waals surface area contributed by atoms with Crippen molar-refractivity contribution in [3.05, 3.63) is 23.9 Å². The molecule has 1 aromatic rings. The molecule has 0 aliphatic carbocycles. The predicted molar refractivity (Wildman–Crippen MR) is 66.7 cm³/mol. The Balaban J connectivity index is 2.59. The summed E-state index contributed by atoms with van der Waals surface area (Å²) in [5.74, 6) is 1.01. The first-order chi connectivity index (χ1) is 7.65. The topological polar surface area (TPSA) is 37.4 Å². The van der Waals surface area contributed by atoms with Gasteiger partial charge in [0.05, 0.1) is 6.61 Å². The number of anilines is 1. The molecular weight excluding hydrogens is 202 g/mol. The van der Waals surface area contributed by atoms with Crippen LogP contribution in [-0.4, -0.2) is 38.8 Å². The molecule has 0 aliphatic heterocycles. The van der Waals surface area contributed by atoms with Crippen LogP contribution in [0.3, 0.4) is 0 Å². The van der Waals surface area contributed by atoms with E-state index < -0.39 is 0 Å². The lowest BCUT2D eigenvalue weighted by atomic mass is 10.2. The molecule has 90 valence electrons. The largest absolute Gasteiger partial charge is 0.383 e. The summed E-state index contributed by atoms with van der Waals surface area (Å²) < 4.78 is 5.08. The van der Waals surface area contributed by atoms with Gasteiger partial charge in [0.2, 0.25) is 0 Å². The number of nitrogens with zero attached hydrogens (tertiary/aromatic N) is 2. The highest BCUT2D eigenvalue weighted by molar-refractivity contribution is 5.44. The van der Waals surface area contributed by atoms with Crippen LogP contribution in [0.5, 0.6) is 0 Å². The second-order valence-corrected chi connectivity index (χ2v) is 4.12. The number of ether oxygens (including phenoxy) is 1. The van der Waals surface area contributed by atoms with Crippen molar-refractivity contribution in [2.45, 2.75) is 19.5 Å². The van der Waals surface area contributed by atoms with E-state index in [-0.39, 0.29) is 0 Å². The second-order valence-electron chi connectivity index (χ2n) is 4.12. The SMILES string of the molecule is COCC(C)NCc1cccnc1N(C)C. The molecule has 4 heteroatoms. The van der Waals surface area contributed by atoms with E-state index in [1.807, 2.05) is 31.3 Å². The van der Waals surface area contributed by atoms with E-state index in [0.717, 1.165) is 19.0 Å². The van der Waals surface area contributed by atoms with Gasteiger partial charge in [0, 0.05) is 45.6 Å². The Bertz CT molecular complexity index is 315. The van der Waals surface area contributed by atoms with E-state index in [9.17, 15) is 0 Å². The molecule has 16 heavy (non-hydrogen) atoms. The minimum absolute atomic E-state index is 0.347. The van der Waals surface area contributed by atoms with Crippen molar-refractivity contribution in [3.8, 4) is 0 Å². The van der Waals surface area contributed by atoms with Crippen molar-refractivity contribution in [2.75, 3.05) is 32.7 Å². The molecule has 1 aromatic heterocycles. The van der Waals surface area contributed by atoms with Crippen molar-refractivity contribution in [1.29, 1.82) is 0 Å². The molecule has 0 radical (unpaired) electrons. The van der Waals surface area contributed by atoms with E-state index in [4.69, 9.17) is 4.74 Å². The highest BCUT2D eigenvalue weighted by Gasteiger charge is 2.06. The Morgan fingerprint density at radius 1 is 1.50 bits per heavy atom. The molecule has 1 unspecified atom stereocenters. The van der Waals surface area contributed by atoms with Crippen molar-refractivity contribution in [3.63, 3.8) is 0 Å². The van der Waals surface area contributed by atoms with Crippen LogP contribution in [0, 0.1) is 0 Å². The first-order valence-electron chi connectivity index (χ1n) is 5.48. The zero-order valence-corrected chi connectivity index (χ0v) is 10.5. The molecule has 1 atom stereocenters. The highest BCUT2D eigenvalue weighted by atomic mass is 16.5. The minimum Gasteiger partial charge on any atom is -0.383 e.